The van der Waals surface area contributed by atoms with Gasteiger partial charge in [-0.1, -0.05) is 6.07 Å². The largest absolute Gasteiger partial charge is 0.493 e. The summed E-state index contributed by atoms with van der Waals surface area (Å²) in [7, 11) is 1.63. The van der Waals surface area contributed by atoms with E-state index in [4.69, 9.17) is 15.2 Å². The molecule has 1 aliphatic heterocycles. The molecular weight excluding hydrogens is 342 g/mol. The first kappa shape index (κ1) is 21.4. The predicted molar refractivity (Wildman–Crippen MR) is 108 cm³/mol. The van der Waals surface area contributed by atoms with Gasteiger partial charge < -0.3 is 25.4 Å². The Balaban J connectivity index is 1.99. The molecule has 1 aromatic carbocycles. The van der Waals surface area contributed by atoms with Crippen LogP contribution in [0, 0.1) is 0 Å². The molecule has 152 valence electrons. The van der Waals surface area contributed by atoms with E-state index in [2.05, 4.69) is 33.0 Å². The van der Waals surface area contributed by atoms with Crippen molar-refractivity contribution in [1.82, 2.24) is 10.2 Å². The summed E-state index contributed by atoms with van der Waals surface area (Å²) < 4.78 is 10.9. The van der Waals surface area contributed by atoms with Crippen LogP contribution < -0.4 is 20.5 Å². The number of urea groups is 1. The van der Waals surface area contributed by atoms with E-state index in [0.29, 0.717) is 18.9 Å². The van der Waals surface area contributed by atoms with Crippen molar-refractivity contribution in [1.29, 1.82) is 0 Å². The number of nitrogens with zero attached hydrogens (tertiary/aromatic N) is 1. The van der Waals surface area contributed by atoms with Crippen LogP contribution in [0.3, 0.4) is 0 Å². The summed E-state index contributed by atoms with van der Waals surface area (Å²) >= 11 is 0. The summed E-state index contributed by atoms with van der Waals surface area (Å²) in [5.41, 5.74) is 6.76. The van der Waals surface area contributed by atoms with Crippen molar-refractivity contribution in [3.05, 3.63) is 23.8 Å². The van der Waals surface area contributed by atoms with Gasteiger partial charge in [0.1, 0.15) is 0 Å². The highest BCUT2D eigenvalue weighted by Gasteiger charge is 2.46. The Labute approximate surface area is 163 Å². The van der Waals surface area contributed by atoms with Crippen LogP contribution in [-0.4, -0.2) is 48.3 Å². The van der Waals surface area contributed by atoms with Gasteiger partial charge in [0.25, 0.3) is 0 Å². The van der Waals surface area contributed by atoms with E-state index in [9.17, 15) is 4.79 Å². The van der Waals surface area contributed by atoms with E-state index >= 15 is 0 Å². The fourth-order valence-electron chi connectivity index (χ4n) is 4.44. The van der Waals surface area contributed by atoms with E-state index in [-0.39, 0.29) is 23.2 Å². The standard InChI is InChI=1S/C21H35N3O3/c1-7-27-17-9-8-15(12-18(17)26-6)10-11-23-19(25)24-20(2,3)13-16(22)14-21(24,4)5/h8-9,12,16H,7,10-11,13-14,22H2,1-6H3,(H,23,25). The number of hydrogen-bond donors (Lipinski definition) is 2. The van der Waals surface area contributed by atoms with Gasteiger partial charge >= 0.3 is 6.03 Å². The lowest BCUT2D eigenvalue weighted by Crippen LogP contribution is -2.67. The van der Waals surface area contributed by atoms with Gasteiger partial charge in [0.05, 0.1) is 13.7 Å². The maximum atomic E-state index is 12.9. The van der Waals surface area contributed by atoms with Gasteiger partial charge in [0.15, 0.2) is 11.5 Å². The van der Waals surface area contributed by atoms with Gasteiger partial charge in [0.2, 0.25) is 0 Å². The molecular formula is C21H35N3O3. The molecule has 0 aromatic heterocycles. The lowest BCUT2D eigenvalue weighted by atomic mass is 9.77. The third-order valence-corrected chi connectivity index (χ3v) is 5.15. The zero-order valence-corrected chi connectivity index (χ0v) is 17.6. The van der Waals surface area contributed by atoms with E-state index in [1.807, 2.05) is 30.0 Å². The zero-order chi connectivity index (χ0) is 20.2. The van der Waals surface area contributed by atoms with Crippen molar-refractivity contribution in [2.24, 2.45) is 5.73 Å². The fraction of sp³-hybridized carbons (Fsp3) is 0.667. The molecule has 0 saturated carbocycles. The average Bonchev–Trinajstić information content (AvgIpc) is 2.53. The Hall–Kier alpha value is -1.95. The summed E-state index contributed by atoms with van der Waals surface area (Å²) in [4.78, 5) is 14.9. The zero-order valence-electron chi connectivity index (χ0n) is 17.6. The maximum Gasteiger partial charge on any atom is 0.318 e. The Bertz CT molecular complexity index is 640. The molecule has 1 heterocycles. The van der Waals surface area contributed by atoms with Gasteiger partial charge in [-0.2, -0.15) is 0 Å². The normalized spacial score (nSPS) is 18.9. The molecule has 1 saturated heterocycles. The van der Waals surface area contributed by atoms with Crippen LogP contribution in [0.5, 0.6) is 11.5 Å². The number of hydrogen-bond acceptors (Lipinski definition) is 4. The van der Waals surface area contributed by atoms with Crippen molar-refractivity contribution in [2.75, 3.05) is 20.3 Å². The van der Waals surface area contributed by atoms with Gasteiger partial charge in [-0.3, -0.25) is 0 Å². The Kier molecular flexibility index (Phi) is 6.63. The number of methoxy groups -OCH3 is 1. The van der Waals surface area contributed by atoms with Gasteiger partial charge in [-0.15, -0.1) is 0 Å². The Morgan fingerprint density at radius 2 is 1.85 bits per heavy atom. The molecule has 6 nitrogen and oxygen atoms in total. The second-order valence-corrected chi connectivity index (χ2v) is 8.53. The number of rotatable bonds is 6. The second kappa shape index (κ2) is 8.38. The van der Waals surface area contributed by atoms with Crippen LogP contribution >= 0.6 is 0 Å². The first-order valence-electron chi connectivity index (χ1n) is 9.74. The van der Waals surface area contributed by atoms with Crippen molar-refractivity contribution < 1.29 is 14.3 Å². The first-order valence-corrected chi connectivity index (χ1v) is 9.74. The number of carbonyl (C=O) groups is 1. The molecule has 3 N–H and O–H groups in total. The summed E-state index contributed by atoms with van der Waals surface area (Å²) in [6.45, 7) is 11.4. The van der Waals surface area contributed by atoms with E-state index in [0.717, 1.165) is 30.6 Å². The van der Waals surface area contributed by atoms with Gasteiger partial charge in [-0.25, -0.2) is 4.79 Å². The van der Waals surface area contributed by atoms with Gasteiger partial charge in [-0.05, 0) is 71.6 Å². The second-order valence-electron chi connectivity index (χ2n) is 8.53. The molecule has 1 fully saturated rings. The minimum absolute atomic E-state index is 0.0326. The number of piperidine rings is 1. The van der Waals surface area contributed by atoms with Crippen LogP contribution in [0.2, 0.25) is 0 Å². The Morgan fingerprint density at radius 1 is 1.22 bits per heavy atom. The third kappa shape index (κ3) is 5.06. The molecule has 0 bridgehead atoms. The minimum atomic E-state index is -0.270. The quantitative estimate of drug-likeness (QED) is 0.797. The molecule has 0 spiro atoms. The van der Waals surface area contributed by atoms with Crippen molar-refractivity contribution >= 4 is 6.03 Å². The monoisotopic (exact) mass is 377 g/mol. The van der Waals surface area contributed by atoms with E-state index in [1.165, 1.54) is 0 Å². The highest BCUT2D eigenvalue weighted by Crippen LogP contribution is 2.37. The summed E-state index contributed by atoms with van der Waals surface area (Å²) in [5, 5.41) is 3.08. The summed E-state index contributed by atoms with van der Waals surface area (Å²) in [5.74, 6) is 1.45. The molecule has 1 aliphatic rings. The van der Waals surface area contributed by atoms with Crippen LogP contribution in [0.15, 0.2) is 18.2 Å². The number of benzene rings is 1. The Morgan fingerprint density at radius 3 is 2.41 bits per heavy atom. The molecule has 0 atom stereocenters. The predicted octanol–water partition coefficient (Wildman–Crippen LogP) is 3.33. The maximum absolute atomic E-state index is 12.9. The molecule has 2 amide bonds. The highest BCUT2D eigenvalue weighted by molar-refractivity contribution is 5.76. The molecule has 1 aromatic rings. The number of nitrogens with two attached hydrogens (primary N) is 1. The topological polar surface area (TPSA) is 76.8 Å². The number of ether oxygens (including phenoxy) is 2. The lowest BCUT2D eigenvalue weighted by Gasteiger charge is -2.54. The van der Waals surface area contributed by atoms with E-state index in [1.54, 1.807) is 7.11 Å². The fourth-order valence-corrected chi connectivity index (χ4v) is 4.44. The smallest absolute Gasteiger partial charge is 0.318 e. The van der Waals surface area contributed by atoms with Crippen LogP contribution in [-0.2, 0) is 6.42 Å². The molecule has 2 rings (SSSR count). The minimum Gasteiger partial charge on any atom is -0.493 e. The van der Waals surface area contributed by atoms with Crippen LogP contribution in [0.1, 0.15) is 53.0 Å². The highest BCUT2D eigenvalue weighted by atomic mass is 16.5. The van der Waals surface area contributed by atoms with Crippen molar-refractivity contribution in [3.8, 4) is 11.5 Å². The number of nitrogens with one attached hydrogen (secondary N) is 1. The summed E-state index contributed by atoms with van der Waals surface area (Å²) in [6, 6.07) is 5.97. The van der Waals surface area contributed by atoms with Crippen molar-refractivity contribution in [2.45, 2.75) is 71.0 Å². The first-order chi connectivity index (χ1) is 12.6. The number of likely N-dealkylation sites (tertiary alicyclic amines) is 1. The summed E-state index contributed by atoms with van der Waals surface area (Å²) in [6.07, 6.45) is 2.34. The van der Waals surface area contributed by atoms with Crippen LogP contribution in [0.4, 0.5) is 4.79 Å². The SMILES string of the molecule is CCOc1ccc(CCNC(=O)N2C(C)(C)CC(N)CC2(C)C)cc1OC. The third-order valence-electron chi connectivity index (χ3n) is 5.15. The lowest BCUT2D eigenvalue weighted by molar-refractivity contribution is 0.00324. The van der Waals surface area contributed by atoms with Crippen LogP contribution in [0.25, 0.3) is 0 Å². The van der Waals surface area contributed by atoms with Crippen molar-refractivity contribution in [3.63, 3.8) is 0 Å². The molecule has 0 aliphatic carbocycles. The average molecular weight is 378 g/mol. The van der Waals surface area contributed by atoms with Gasteiger partial charge in [0, 0.05) is 23.7 Å². The number of carbonyl (C=O) groups excluding carboxylic acids is 1. The molecule has 0 radical (unpaired) electrons. The molecule has 0 unspecified atom stereocenters. The number of amides is 2. The molecule has 27 heavy (non-hydrogen) atoms. The molecule has 6 heteroatoms. The van der Waals surface area contributed by atoms with E-state index < -0.39 is 0 Å².